The number of hydrogen-bond acceptors (Lipinski definition) is 1. The van der Waals surface area contributed by atoms with Crippen LogP contribution in [-0.4, -0.2) is 11.2 Å². The Morgan fingerprint density at radius 2 is 2.05 bits per heavy atom. The lowest BCUT2D eigenvalue weighted by Crippen LogP contribution is -2.46. The van der Waals surface area contributed by atoms with E-state index >= 15 is 0 Å². The summed E-state index contributed by atoms with van der Waals surface area (Å²) in [5, 5.41) is 10.4. The molecule has 0 aromatic heterocycles. The zero-order valence-corrected chi connectivity index (χ0v) is 11.8. The quantitative estimate of drug-likeness (QED) is 0.697. The van der Waals surface area contributed by atoms with Gasteiger partial charge in [-0.25, -0.2) is 0 Å². The molecular weight excluding hydrogens is 232 g/mol. The summed E-state index contributed by atoms with van der Waals surface area (Å²) in [6, 6.07) is 0. The van der Waals surface area contributed by atoms with Crippen molar-refractivity contribution in [1.29, 1.82) is 0 Å². The molecule has 0 saturated heterocycles. The van der Waals surface area contributed by atoms with E-state index in [4.69, 9.17) is 0 Å². The molecule has 4 aliphatic carbocycles. The first kappa shape index (κ1) is 12.0. The van der Waals surface area contributed by atoms with Gasteiger partial charge in [0.25, 0.3) is 0 Å². The smallest absolute Gasteiger partial charge is 0.0596 e. The molecule has 0 spiro atoms. The van der Waals surface area contributed by atoms with Gasteiger partial charge in [0.15, 0.2) is 0 Å². The van der Waals surface area contributed by atoms with E-state index in [-0.39, 0.29) is 11.5 Å². The number of fused-ring (bicyclic) bond motifs is 5. The Labute approximate surface area is 116 Å². The summed E-state index contributed by atoms with van der Waals surface area (Å²) in [4.78, 5) is 0. The van der Waals surface area contributed by atoms with Crippen LogP contribution in [0.25, 0.3) is 0 Å². The Balaban J connectivity index is 1.68. The second-order valence-corrected chi connectivity index (χ2v) is 7.28. The van der Waals surface area contributed by atoms with Crippen LogP contribution in [-0.2, 0) is 0 Å². The molecule has 0 radical (unpaired) electrons. The van der Waals surface area contributed by atoms with E-state index in [1.165, 1.54) is 25.7 Å². The van der Waals surface area contributed by atoms with Crippen molar-refractivity contribution < 1.29 is 5.11 Å². The molecule has 0 unspecified atom stereocenters. The van der Waals surface area contributed by atoms with Gasteiger partial charge in [0.1, 0.15) is 0 Å². The van der Waals surface area contributed by atoms with Crippen molar-refractivity contribution in [2.45, 2.75) is 45.1 Å². The number of aliphatic hydroxyl groups excluding tert-OH is 1. The van der Waals surface area contributed by atoms with Crippen molar-refractivity contribution in [3.63, 3.8) is 0 Å². The molecule has 4 aliphatic rings. The van der Waals surface area contributed by atoms with Crippen LogP contribution < -0.4 is 0 Å². The first-order valence-corrected chi connectivity index (χ1v) is 7.93. The van der Waals surface area contributed by atoms with Crippen LogP contribution in [0.1, 0.15) is 39.0 Å². The normalized spacial score (nSPS) is 51.3. The molecule has 102 valence electrons. The lowest BCUT2D eigenvalue weighted by atomic mass is 9.54. The van der Waals surface area contributed by atoms with Crippen molar-refractivity contribution >= 4 is 0 Å². The maximum absolute atomic E-state index is 10.4. The van der Waals surface area contributed by atoms with Crippen LogP contribution in [0.15, 0.2) is 36.0 Å². The van der Waals surface area contributed by atoms with E-state index in [0.717, 1.165) is 24.2 Å². The minimum absolute atomic E-state index is 0.0504. The predicted molar refractivity (Wildman–Crippen MR) is 77.5 cm³/mol. The lowest BCUT2D eigenvalue weighted by molar-refractivity contribution is -0.0402. The molecule has 0 aromatic carbocycles. The average Bonchev–Trinajstić information content (AvgIpc) is 2.75. The molecule has 1 nitrogen and oxygen atoms in total. The van der Waals surface area contributed by atoms with Crippen molar-refractivity contribution in [1.82, 2.24) is 0 Å². The summed E-state index contributed by atoms with van der Waals surface area (Å²) in [6.45, 7) is 2.35. The Bertz CT molecular complexity index is 472. The van der Waals surface area contributed by atoms with Gasteiger partial charge in [-0.05, 0) is 60.8 Å². The molecule has 0 bridgehead atoms. The number of aliphatic hydroxyl groups is 1. The SMILES string of the molecule is C[C@]12CC[C@H]3[C@@H](CC=C4C=CC=C[C@@H]43)[C@@H]1CC[C@@H]2O. The van der Waals surface area contributed by atoms with Gasteiger partial charge in [0, 0.05) is 5.92 Å². The van der Waals surface area contributed by atoms with Crippen LogP contribution >= 0.6 is 0 Å². The van der Waals surface area contributed by atoms with Crippen LogP contribution in [0.5, 0.6) is 0 Å². The van der Waals surface area contributed by atoms with E-state index in [1.807, 2.05) is 0 Å². The molecule has 2 saturated carbocycles. The Morgan fingerprint density at radius 3 is 2.95 bits per heavy atom. The highest BCUT2D eigenvalue weighted by Crippen LogP contribution is 2.60. The molecule has 2 fully saturated rings. The van der Waals surface area contributed by atoms with Gasteiger partial charge in [0.05, 0.1) is 6.10 Å². The van der Waals surface area contributed by atoms with Gasteiger partial charge >= 0.3 is 0 Å². The first-order valence-electron chi connectivity index (χ1n) is 7.93. The van der Waals surface area contributed by atoms with Gasteiger partial charge in [-0.15, -0.1) is 0 Å². The maximum Gasteiger partial charge on any atom is 0.0596 e. The second kappa shape index (κ2) is 4.09. The van der Waals surface area contributed by atoms with Crippen LogP contribution in [0.3, 0.4) is 0 Å². The van der Waals surface area contributed by atoms with E-state index in [2.05, 4.69) is 37.3 Å². The highest BCUT2D eigenvalue weighted by atomic mass is 16.3. The summed E-state index contributed by atoms with van der Waals surface area (Å²) in [6.07, 6.45) is 17.6. The third kappa shape index (κ3) is 1.57. The second-order valence-electron chi connectivity index (χ2n) is 7.28. The molecule has 1 N–H and O–H groups in total. The Hall–Kier alpha value is -0.820. The van der Waals surface area contributed by atoms with Crippen molar-refractivity contribution in [3.05, 3.63) is 36.0 Å². The molecule has 4 rings (SSSR count). The molecular formula is C18H24O. The summed E-state index contributed by atoms with van der Waals surface area (Å²) >= 11 is 0. The largest absolute Gasteiger partial charge is 0.393 e. The van der Waals surface area contributed by atoms with Gasteiger partial charge in [0.2, 0.25) is 0 Å². The molecule has 0 aliphatic heterocycles. The molecule has 1 heteroatoms. The average molecular weight is 256 g/mol. The van der Waals surface area contributed by atoms with Gasteiger partial charge in [-0.2, -0.15) is 0 Å². The monoisotopic (exact) mass is 256 g/mol. The van der Waals surface area contributed by atoms with Gasteiger partial charge in [-0.1, -0.05) is 37.3 Å². The zero-order valence-electron chi connectivity index (χ0n) is 11.8. The van der Waals surface area contributed by atoms with Gasteiger partial charge in [-0.3, -0.25) is 0 Å². The molecule has 0 heterocycles. The minimum atomic E-state index is -0.0504. The fourth-order valence-electron chi connectivity index (χ4n) is 5.51. The zero-order chi connectivity index (χ0) is 13.0. The van der Waals surface area contributed by atoms with Crippen LogP contribution in [0.2, 0.25) is 0 Å². The third-order valence-corrected chi connectivity index (χ3v) is 6.63. The third-order valence-electron chi connectivity index (χ3n) is 6.63. The topological polar surface area (TPSA) is 20.2 Å². The minimum Gasteiger partial charge on any atom is -0.393 e. The van der Waals surface area contributed by atoms with E-state index in [1.54, 1.807) is 5.57 Å². The van der Waals surface area contributed by atoms with E-state index in [0.29, 0.717) is 5.92 Å². The van der Waals surface area contributed by atoms with Crippen molar-refractivity contribution in [2.75, 3.05) is 0 Å². The highest BCUT2D eigenvalue weighted by Gasteiger charge is 2.54. The first-order chi connectivity index (χ1) is 9.20. The molecule has 19 heavy (non-hydrogen) atoms. The number of rotatable bonds is 0. The lowest BCUT2D eigenvalue weighted by Gasteiger charge is -2.51. The molecule has 0 aromatic rings. The maximum atomic E-state index is 10.4. The molecule has 6 atom stereocenters. The van der Waals surface area contributed by atoms with E-state index < -0.39 is 0 Å². The summed E-state index contributed by atoms with van der Waals surface area (Å²) in [5.41, 5.74) is 1.76. The summed E-state index contributed by atoms with van der Waals surface area (Å²) in [5.74, 6) is 3.04. The van der Waals surface area contributed by atoms with Crippen LogP contribution in [0.4, 0.5) is 0 Å². The fraction of sp³-hybridized carbons (Fsp3) is 0.667. The summed E-state index contributed by atoms with van der Waals surface area (Å²) in [7, 11) is 0. The number of allylic oxidation sites excluding steroid dienone is 6. The van der Waals surface area contributed by atoms with Gasteiger partial charge < -0.3 is 5.11 Å². The Morgan fingerprint density at radius 1 is 1.16 bits per heavy atom. The highest BCUT2D eigenvalue weighted by molar-refractivity contribution is 5.36. The van der Waals surface area contributed by atoms with E-state index in [9.17, 15) is 5.11 Å². The molecule has 0 amide bonds. The summed E-state index contributed by atoms with van der Waals surface area (Å²) < 4.78 is 0. The standard InChI is InChI=1S/C18H24O/c1-18-11-10-14-13-5-3-2-4-12(13)6-7-15(14)16(18)8-9-17(18)19/h2-6,13-17,19H,7-11H2,1H3/t13-,14+,15+,16-,17-,18-/m0/s1. The number of hydrogen-bond donors (Lipinski definition) is 1. The van der Waals surface area contributed by atoms with Crippen molar-refractivity contribution in [3.8, 4) is 0 Å². The van der Waals surface area contributed by atoms with Crippen molar-refractivity contribution in [2.24, 2.45) is 29.1 Å². The Kier molecular flexibility index (Phi) is 2.57. The predicted octanol–water partition coefficient (Wildman–Crippen LogP) is 3.86. The fourth-order valence-corrected chi connectivity index (χ4v) is 5.51. The van der Waals surface area contributed by atoms with Crippen LogP contribution in [0, 0.1) is 29.1 Å².